The number of rotatable bonds is 9. The molecule has 1 saturated carbocycles. The maximum absolute atomic E-state index is 13.4. The molecule has 1 aliphatic carbocycles. The van der Waals surface area contributed by atoms with Gasteiger partial charge in [-0.2, -0.15) is 0 Å². The number of anilines is 1. The summed E-state index contributed by atoms with van der Waals surface area (Å²) in [6.45, 7) is 1.64. The van der Waals surface area contributed by atoms with Crippen molar-refractivity contribution in [2.45, 2.75) is 57.5 Å². The molecule has 2 atom stereocenters. The lowest BCUT2D eigenvalue weighted by Crippen LogP contribution is -2.52. The predicted molar refractivity (Wildman–Crippen MR) is 146 cm³/mol. The van der Waals surface area contributed by atoms with Gasteiger partial charge in [0, 0.05) is 11.3 Å². The van der Waals surface area contributed by atoms with Crippen molar-refractivity contribution in [1.82, 2.24) is 10.6 Å². The SMILES string of the molecule is COc1ccc(NC(=O)[C@H](C)NC(=O)[C@H](CC2CCCCC2)NC(=O)c2cccc3ccccc23)cc1. The fourth-order valence-electron chi connectivity index (χ4n) is 4.95. The molecule has 0 heterocycles. The van der Waals surface area contributed by atoms with Crippen molar-refractivity contribution in [3.63, 3.8) is 0 Å². The number of methoxy groups -OCH3 is 1. The van der Waals surface area contributed by atoms with Crippen LogP contribution in [-0.4, -0.2) is 36.9 Å². The van der Waals surface area contributed by atoms with Gasteiger partial charge in [-0.25, -0.2) is 0 Å². The molecule has 194 valence electrons. The summed E-state index contributed by atoms with van der Waals surface area (Å²) in [5.41, 5.74) is 1.14. The summed E-state index contributed by atoms with van der Waals surface area (Å²) in [4.78, 5) is 39.5. The predicted octanol–water partition coefficient (Wildman–Crippen LogP) is 5.06. The van der Waals surface area contributed by atoms with Gasteiger partial charge in [0.2, 0.25) is 11.8 Å². The molecule has 0 spiro atoms. The standard InChI is InChI=1S/C30H35N3O4/c1-20(28(34)32-23-15-17-24(37-2)18-16-23)31-30(36)27(19-21-9-4-3-5-10-21)33-29(35)26-14-8-12-22-11-6-7-13-25(22)26/h6-8,11-18,20-21,27H,3-5,9-10,19H2,1-2H3,(H,31,36)(H,32,34)(H,33,35)/t20-,27-/m0/s1. The van der Waals surface area contributed by atoms with Crippen molar-refractivity contribution in [2.75, 3.05) is 12.4 Å². The molecule has 0 unspecified atom stereocenters. The first-order valence-corrected chi connectivity index (χ1v) is 13.0. The largest absolute Gasteiger partial charge is 0.497 e. The van der Waals surface area contributed by atoms with Crippen molar-refractivity contribution in [3.05, 3.63) is 72.3 Å². The molecule has 3 aromatic rings. The van der Waals surface area contributed by atoms with E-state index in [1.165, 1.54) is 6.42 Å². The molecule has 0 bridgehead atoms. The van der Waals surface area contributed by atoms with E-state index in [2.05, 4.69) is 16.0 Å². The molecule has 1 fully saturated rings. The first-order valence-electron chi connectivity index (χ1n) is 13.0. The van der Waals surface area contributed by atoms with Gasteiger partial charge in [-0.05, 0) is 60.4 Å². The van der Waals surface area contributed by atoms with Gasteiger partial charge in [0.05, 0.1) is 7.11 Å². The van der Waals surface area contributed by atoms with Crippen LogP contribution < -0.4 is 20.7 Å². The molecule has 1 aliphatic rings. The highest BCUT2D eigenvalue weighted by Gasteiger charge is 2.28. The Morgan fingerprint density at radius 1 is 0.865 bits per heavy atom. The van der Waals surface area contributed by atoms with Gasteiger partial charge in [-0.1, -0.05) is 68.5 Å². The van der Waals surface area contributed by atoms with E-state index >= 15 is 0 Å². The highest BCUT2D eigenvalue weighted by atomic mass is 16.5. The Hall–Kier alpha value is -3.87. The number of amides is 3. The zero-order valence-corrected chi connectivity index (χ0v) is 21.5. The van der Waals surface area contributed by atoms with Crippen molar-refractivity contribution in [1.29, 1.82) is 0 Å². The Labute approximate surface area is 218 Å². The van der Waals surface area contributed by atoms with Crippen LogP contribution in [0.2, 0.25) is 0 Å². The molecule has 0 aromatic heterocycles. The molecule has 3 amide bonds. The smallest absolute Gasteiger partial charge is 0.252 e. The quantitative estimate of drug-likeness (QED) is 0.382. The first-order chi connectivity index (χ1) is 17.9. The van der Waals surface area contributed by atoms with Crippen LogP contribution in [0.3, 0.4) is 0 Å². The van der Waals surface area contributed by atoms with Crippen LogP contribution in [0.1, 0.15) is 55.8 Å². The summed E-state index contributed by atoms with van der Waals surface area (Å²) in [5.74, 6) is 0.0718. The molecular weight excluding hydrogens is 466 g/mol. The van der Waals surface area contributed by atoms with Crippen LogP contribution >= 0.6 is 0 Å². The summed E-state index contributed by atoms with van der Waals surface area (Å²) in [6.07, 6.45) is 6.12. The van der Waals surface area contributed by atoms with E-state index in [-0.39, 0.29) is 17.7 Å². The number of hydrogen-bond donors (Lipinski definition) is 3. The minimum Gasteiger partial charge on any atom is -0.497 e. The molecular formula is C30H35N3O4. The molecule has 7 heteroatoms. The zero-order valence-electron chi connectivity index (χ0n) is 21.5. The van der Waals surface area contributed by atoms with E-state index in [0.29, 0.717) is 29.3 Å². The minimum absolute atomic E-state index is 0.289. The van der Waals surface area contributed by atoms with E-state index < -0.39 is 12.1 Å². The summed E-state index contributed by atoms with van der Waals surface area (Å²) in [5, 5.41) is 10.4. The molecule has 37 heavy (non-hydrogen) atoms. The van der Waals surface area contributed by atoms with Gasteiger partial charge < -0.3 is 20.7 Å². The molecule has 0 saturated heterocycles. The molecule has 4 rings (SSSR count). The molecule has 0 radical (unpaired) electrons. The maximum atomic E-state index is 13.4. The number of ether oxygens (including phenoxy) is 1. The van der Waals surface area contributed by atoms with Gasteiger partial charge in [0.15, 0.2) is 0 Å². The number of nitrogens with one attached hydrogen (secondary N) is 3. The van der Waals surface area contributed by atoms with Crippen LogP contribution in [0.15, 0.2) is 66.7 Å². The van der Waals surface area contributed by atoms with E-state index in [1.54, 1.807) is 44.4 Å². The van der Waals surface area contributed by atoms with Crippen LogP contribution in [0, 0.1) is 5.92 Å². The van der Waals surface area contributed by atoms with Gasteiger partial charge in [0.1, 0.15) is 17.8 Å². The average Bonchev–Trinajstić information content (AvgIpc) is 2.93. The minimum atomic E-state index is -0.780. The molecule has 0 aliphatic heterocycles. The van der Waals surface area contributed by atoms with Gasteiger partial charge >= 0.3 is 0 Å². The van der Waals surface area contributed by atoms with Crippen LogP contribution in [-0.2, 0) is 9.59 Å². The lowest BCUT2D eigenvalue weighted by atomic mass is 9.84. The average molecular weight is 502 g/mol. The fourth-order valence-corrected chi connectivity index (χ4v) is 4.95. The Bertz CT molecular complexity index is 1230. The first kappa shape index (κ1) is 26.2. The summed E-state index contributed by atoms with van der Waals surface area (Å²) in [6, 6.07) is 18.7. The number of hydrogen-bond acceptors (Lipinski definition) is 4. The lowest BCUT2D eigenvalue weighted by Gasteiger charge is -2.27. The third-order valence-electron chi connectivity index (χ3n) is 7.06. The maximum Gasteiger partial charge on any atom is 0.252 e. The van der Waals surface area contributed by atoms with Crippen LogP contribution in [0.5, 0.6) is 5.75 Å². The number of fused-ring (bicyclic) bond motifs is 1. The lowest BCUT2D eigenvalue weighted by molar-refractivity contribution is -0.127. The number of carbonyl (C=O) groups excluding carboxylic acids is 3. The third kappa shape index (κ3) is 6.88. The summed E-state index contributed by atoms with van der Waals surface area (Å²) >= 11 is 0. The normalized spacial score (nSPS) is 15.4. The second-order valence-electron chi connectivity index (χ2n) is 9.74. The molecule has 3 N–H and O–H groups in total. The van der Waals surface area contributed by atoms with E-state index in [4.69, 9.17) is 4.74 Å². The Morgan fingerprint density at radius 2 is 1.57 bits per heavy atom. The Balaban J connectivity index is 1.45. The Morgan fingerprint density at radius 3 is 2.30 bits per heavy atom. The zero-order chi connectivity index (χ0) is 26.2. The molecule has 7 nitrogen and oxygen atoms in total. The number of benzene rings is 3. The van der Waals surface area contributed by atoms with Gasteiger partial charge in [-0.3, -0.25) is 14.4 Å². The van der Waals surface area contributed by atoms with E-state index in [0.717, 1.165) is 36.5 Å². The van der Waals surface area contributed by atoms with E-state index in [1.807, 2.05) is 36.4 Å². The van der Waals surface area contributed by atoms with Crippen molar-refractivity contribution >= 4 is 34.2 Å². The van der Waals surface area contributed by atoms with Crippen molar-refractivity contribution in [3.8, 4) is 5.75 Å². The second-order valence-corrected chi connectivity index (χ2v) is 9.74. The van der Waals surface area contributed by atoms with E-state index in [9.17, 15) is 14.4 Å². The van der Waals surface area contributed by atoms with Crippen LogP contribution in [0.4, 0.5) is 5.69 Å². The van der Waals surface area contributed by atoms with Crippen LogP contribution in [0.25, 0.3) is 10.8 Å². The van der Waals surface area contributed by atoms with Crippen molar-refractivity contribution < 1.29 is 19.1 Å². The van der Waals surface area contributed by atoms with Gasteiger partial charge in [-0.15, -0.1) is 0 Å². The van der Waals surface area contributed by atoms with Gasteiger partial charge in [0.25, 0.3) is 5.91 Å². The second kappa shape index (κ2) is 12.4. The topological polar surface area (TPSA) is 96.5 Å². The fraction of sp³-hybridized carbons (Fsp3) is 0.367. The third-order valence-corrected chi connectivity index (χ3v) is 7.06. The summed E-state index contributed by atoms with van der Waals surface area (Å²) < 4.78 is 5.15. The molecule has 3 aromatic carbocycles. The number of carbonyl (C=O) groups is 3. The highest BCUT2D eigenvalue weighted by Crippen LogP contribution is 2.28. The highest BCUT2D eigenvalue weighted by molar-refractivity contribution is 6.08. The van der Waals surface area contributed by atoms with Crippen molar-refractivity contribution in [2.24, 2.45) is 5.92 Å². The monoisotopic (exact) mass is 501 g/mol. The summed E-state index contributed by atoms with van der Waals surface area (Å²) in [7, 11) is 1.58. The Kier molecular flexibility index (Phi) is 8.77.